The third-order valence-electron chi connectivity index (χ3n) is 4.10. The summed E-state index contributed by atoms with van der Waals surface area (Å²) < 4.78 is 3.42. The van der Waals surface area contributed by atoms with E-state index in [2.05, 4.69) is 32.1 Å². The van der Waals surface area contributed by atoms with Crippen LogP contribution in [0.3, 0.4) is 0 Å². The summed E-state index contributed by atoms with van der Waals surface area (Å²) in [6.45, 7) is 3.58. The molecule has 0 bridgehead atoms. The lowest BCUT2D eigenvalue weighted by Gasteiger charge is -2.06. The van der Waals surface area contributed by atoms with Crippen LogP contribution in [-0.4, -0.2) is 28.7 Å². The highest BCUT2D eigenvalue weighted by Gasteiger charge is 2.23. The molecule has 8 nitrogen and oxygen atoms in total. The Hall–Kier alpha value is -4.04. The van der Waals surface area contributed by atoms with Crippen molar-refractivity contribution in [2.75, 3.05) is 0 Å². The van der Waals surface area contributed by atoms with Crippen molar-refractivity contribution >= 4 is 22.7 Å². The van der Waals surface area contributed by atoms with Crippen molar-refractivity contribution in [1.29, 1.82) is 10.5 Å². The number of nitriles is 2. The molecule has 0 atom stereocenters. The Bertz CT molecular complexity index is 1180. The molecule has 0 unspecified atom stereocenters. The van der Waals surface area contributed by atoms with E-state index in [1.807, 2.05) is 0 Å². The number of aromatic nitrogens is 6. The van der Waals surface area contributed by atoms with Crippen molar-refractivity contribution in [3.63, 3.8) is 0 Å². The predicted molar refractivity (Wildman–Crippen MR) is 93.5 cm³/mol. The molecule has 0 aliphatic carbocycles. The van der Waals surface area contributed by atoms with Gasteiger partial charge < -0.3 is 0 Å². The maximum atomic E-state index is 9.88. The number of aryl methyl sites for hydroxylation is 2. The maximum Gasteiger partial charge on any atom is 0.234 e. The van der Waals surface area contributed by atoms with Crippen LogP contribution in [0.4, 0.5) is 0 Å². The molecular weight excluding hydrogens is 328 g/mol. The molecule has 0 saturated heterocycles. The van der Waals surface area contributed by atoms with E-state index in [1.54, 1.807) is 59.6 Å². The van der Waals surface area contributed by atoms with Gasteiger partial charge in [-0.25, -0.2) is 19.9 Å². The van der Waals surface area contributed by atoms with Crippen LogP contribution >= 0.6 is 0 Å². The van der Waals surface area contributed by atoms with Gasteiger partial charge in [-0.15, -0.1) is 0 Å². The Morgan fingerprint density at radius 1 is 0.808 bits per heavy atom. The number of allylic oxidation sites excluding steroid dienone is 2. The fraction of sp³-hybridized carbons (Fsp3) is 0.111. The molecule has 0 fully saturated rings. The molecule has 0 aliphatic heterocycles. The van der Waals surface area contributed by atoms with Gasteiger partial charge in [0.25, 0.3) is 0 Å². The van der Waals surface area contributed by atoms with Crippen molar-refractivity contribution in [3.05, 3.63) is 59.7 Å². The molecule has 0 aliphatic rings. The number of hydrogen-bond donors (Lipinski definition) is 0. The summed E-state index contributed by atoms with van der Waals surface area (Å²) in [7, 11) is 0. The molecular formula is C18H12N8. The molecule has 4 rings (SSSR count). The summed E-state index contributed by atoms with van der Waals surface area (Å²) >= 11 is 0. The van der Waals surface area contributed by atoms with Gasteiger partial charge in [0.2, 0.25) is 11.6 Å². The summed E-state index contributed by atoms with van der Waals surface area (Å²) in [5, 5.41) is 19.8. The topological polar surface area (TPSA) is 108 Å². The summed E-state index contributed by atoms with van der Waals surface area (Å²) in [6, 6.07) is 7.86. The van der Waals surface area contributed by atoms with Crippen molar-refractivity contribution in [3.8, 4) is 12.1 Å². The van der Waals surface area contributed by atoms with Gasteiger partial charge in [0.05, 0.1) is 33.9 Å². The first kappa shape index (κ1) is 15.5. The van der Waals surface area contributed by atoms with Crippen molar-refractivity contribution in [1.82, 2.24) is 28.7 Å². The van der Waals surface area contributed by atoms with Crippen LogP contribution in [0.15, 0.2) is 36.9 Å². The van der Waals surface area contributed by atoms with Gasteiger partial charge in [-0.05, 0) is 26.0 Å². The van der Waals surface area contributed by atoms with Crippen molar-refractivity contribution in [2.45, 2.75) is 13.8 Å². The van der Waals surface area contributed by atoms with Crippen LogP contribution in [0, 0.1) is 36.5 Å². The van der Waals surface area contributed by atoms with Crippen LogP contribution in [0.25, 0.3) is 22.7 Å². The van der Waals surface area contributed by atoms with E-state index in [4.69, 9.17) is 0 Å². The number of fused-ring (bicyclic) bond motifs is 2. The van der Waals surface area contributed by atoms with Crippen molar-refractivity contribution < 1.29 is 0 Å². The molecule has 0 amide bonds. The number of nitrogens with zero attached hydrogens (tertiary/aromatic N) is 8. The Labute approximate surface area is 148 Å². The summed E-state index contributed by atoms with van der Waals surface area (Å²) in [6.07, 6.45) is 6.80. The van der Waals surface area contributed by atoms with E-state index in [-0.39, 0.29) is 11.1 Å². The Kier molecular flexibility index (Phi) is 3.45. The van der Waals surface area contributed by atoms with Gasteiger partial charge in [-0.2, -0.15) is 10.5 Å². The lowest BCUT2D eigenvalue weighted by Crippen LogP contribution is -2.00. The molecule has 0 N–H and O–H groups in total. The van der Waals surface area contributed by atoms with E-state index in [0.717, 1.165) is 0 Å². The first-order chi connectivity index (χ1) is 12.7. The van der Waals surface area contributed by atoms with E-state index >= 15 is 0 Å². The van der Waals surface area contributed by atoms with Gasteiger partial charge >= 0.3 is 0 Å². The van der Waals surface area contributed by atoms with Gasteiger partial charge in [-0.1, -0.05) is 0 Å². The van der Waals surface area contributed by atoms with Crippen LogP contribution < -0.4 is 0 Å². The summed E-state index contributed by atoms with van der Waals surface area (Å²) in [5.74, 6) is 0.947. The molecule has 124 valence electrons. The SMILES string of the molecule is Cc1nc2ncccn2c1/C(C#N)=C(/C#N)c1c(C)nc2ncccn12. The van der Waals surface area contributed by atoms with E-state index < -0.39 is 0 Å². The second-order valence-electron chi connectivity index (χ2n) is 5.64. The highest BCUT2D eigenvalue weighted by Crippen LogP contribution is 2.30. The smallest absolute Gasteiger partial charge is 0.234 e. The quantitative estimate of drug-likeness (QED) is 0.518. The average molecular weight is 340 g/mol. The Morgan fingerprint density at radius 3 is 1.62 bits per heavy atom. The lowest BCUT2D eigenvalue weighted by molar-refractivity contribution is 1.08. The van der Waals surface area contributed by atoms with Crippen molar-refractivity contribution in [2.24, 2.45) is 0 Å². The van der Waals surface area contributed by atoms with Gasteiger partial charge in [0.15, 0.2) is 0 Å². The molecule has 0 radical (unpaired) electrons. The standard InChI is InChI=1S/C18H12N8/c1-11-15(25-7-3-5-21-17(25)23-11)13(9-19)14(10-20)16-12(2)24-18-22-6-4-8-26(16)18/h3-8H,1-2H3/b14-13-. The number of imidazole rings is 2. The van der Waals surface area contributed by atoms with Crippen LogP contribution in [0.2, 0.25) is 0 Å². The second kappa shape index (κ2) is 5.80. The highest BCUT2D eigenvalue weighted by atomic mass is 15.1. The molecule has 26 heavy (non-hydrogen) atoms. The van der Waals surface area contributed by atoms with Gasteiger partial charge in [0, 0.05) is 24.8 Å². The third-order valence-corrected chi connectivity index (χ3v) is 4.10. The zero-order valence-electron chi connectivity index (χ0n) is 14.0. The van der Waals surface area contributed by atoms with E-state index in [1.165, 1.54) is 0 Å². The zero-order valence-corrected chi connectivity index (χ0v) is 14.0. The predicted octanol–water partition coefficient (Wildman–Crippen LogP) is 2.35. The minimum absolute atomic E-state index is 0.222. The molecule has 0 saturated carbocycles. The third kappa shape index (κ3) is 2.14. The first-order valence-corrected chi connectivity index (χ1v) is 7.80. The molecule has 4 aromatic heterocycles. The highest BCUT2D eigenvalue weighted by molar-refractivity contribution is 6.02. The molecule has 0 aromatic carbocycles. The number of hydrogen-bond acceptors (Lipinski definition) is 6. The van der Waals surface area contributed by atoms with E-state index in [9.17, 15) is 10.5 Å². The first-order valence-electron chi connectivity index (χ1n) is 7.80. The molecule has 4 heterocycles. The monoisotopic (exact) mass is 340 g/mol. The summed E-state index contributed by atoms with van der Waals surface area (Å²) in [5.41, 5.74) is 2.78. The summed E-state index contributed by atoms with van der Waals surface area (Å²) in [4.78, 5) is 17.2. The lowest BCUT2D eigenvalue weighted by atomic mass is 10.0. The number of rotatable bonds is 2. The van der Waals surface area contributed by atoms with Gasteiger partial charge in [0.1, 0.15) is 12.1 Å². The Morgan fingerprint density at radius 2 is 1.23 bits per heavy atom. The maximum absolute atomic E-state index is 9.88. The molecule has 4 aromatic rings. The van der Waals surface area contributed by atoms with Crippen LogP contribution in [-0.2, 0) is 0 Å². The normalized spacial score (nSPS) is 12.0. The second-order valence-corrected chi connectivity index (χ2v) is 5.64. The largest absolute Gasteiger partial charge is 0.283 e. The minimum Gasteiger partial charge on any atom is -0.283 e. The van der Waals surface area contributed by atoms with Crippen LogP contribution in [0.5, 0.6) is 0 Å². The van der Waals surface area contributed by atoms with E-state index in [0.29, 0.717) is 34.3 Å². The molecule has 8 heteroatoms. The van der Waals surface area contributed by atoms with Crippen LogP contribution in [0.1, 0.15) is 22.8 Å². The zero-order chi connectivity index (χ0) is 18.3. The minimum atomic E-state index is 0.222. The molecule has 0 spiro atoms. The van der Waals surface area contributed by atoms with Gasteiger partial charge in [-0.3, -0.25) is 8.80 Å². The Balaban J connectivity index is 2.11. The fourth-order valence-corrected chi connectivity index (χ4v) is 3.05. The fourth-order valence-electron chi connectivity index (χ4n) is 3.05. The average Bonchev–Trinajstić information content (AvgIpc) is 3.15.